The number of carbonyl (C=O) groups is 1. The Bertz CT molecular complexity index is 958. The molecule has 134 valence electrons. The monoisotopic (exact) mass is 391 g/mol. The molecule has 1 amide bonds. The van der Waals surface area contributed by atoms with Crippen molar-refractivity contribution in [3.05, 3.63) is 63.8 Å². The van der Waals surface area contributed by atoms with E-state index in [0.717, 1.165) is 11.3 Å². The Kier molecular flexibility index (Phi) is 5.29. The largest absolute Gasteiger partial charge is 0.497 e. The van der Waals surface area contributed by atoms with Crippen LogP contribution in [0.4, 0.5) is 11.5 Å². The maximum Gasteiger partial charge on any atom is 0.280 e. The number of nitrogens with one attached hydrogen (secondary N) is 1. The van der Waals surface area contributed by atoms with Gasteiger partial charge in [0.1, 0.15) is 5.75 Å². The minimum Gasteiger partial charge on any atom is -0.497 e. The minimum absolute atomic E-state index is 0.0268. The highest BCUT2D eigenvalue weighted by molar-refractivity contribution is 6.42. The second-order valence-corrected chi connectivity index (χ2v) is 6.23. The third-order valence-electron chi connectivity index (χ3n) is 3.63. The van der Waals surface area contributed by atoms with Crippen molar-refractivity contribution in [2.45, 2.75) is 6.54 Å². The number of nitrogens with two attached hydrogens (primary N) is 1. The van der Waals surface area contributed by atoms with Crippen molar-refractivity contribution < 1.29 is 9.53 Å². The van der Waals surface area contributed by atoms with E-state index in [1.807, 2.05) is 24.3 Å². The number of anilines is 2. The average molecular weight is 392 g/mol. The van der Waals surface area contributed by atoms with Crippen LogP contribution in [0.5, 0.6) is 5.75 Å². The number of benzene rings is 2. The fraction of sp³-hybridized carbons (Fsp3) is 0.118. The Morgan fingerprint density at radius 2 is 2.04 bits per heavy atom. The van der Waals surface area contributed by atoms with Crippen LogP contribution in [0, 0.1) is 0 Å². The summed E-state index contributed by atoms with van der Waals surface area (Å²) in [4.78, 5) is 12.4. The lowest BCUT2D eigenvalue weighted by atomic mass is 10.2. The van der Waals surface area contributed by atoms with Crippen LogP contribution in [0.1, 0.15) is 16.1 Å². The summed E-state index contributed by atoms with van der Waals surface area (Å²) in [6.07, 6.45) is 0. The summed E-state index contributed by atoms with van der Waals surface area (Å²) in [6, 6.07) is 12.2. The van der Waals surface area contributed by atoms with Crippen LogP contribution in [0.15, 0.2) is 42.5 Å². The maximum absolute atomic E-state index is 12.4. The summed E-state index contributed by atoms with van der Waals surface area (Å²) >= 11 is 11.8. The summed E-state index contributed by atoms with van der Waals surface area (Å²) in [5.74, 6) is 0.391. The first-order chi connectivity index (χ1) is 12.5. The van der Waals surface area contributed by atoms with Gasteiger partial charge in [0.05, 0.1) is 23.7 Å². The molecule has 0 spiro atoms. The predicted molar refractivity (Wildman–Crippen MR) is 101 cm³/mol. The lowest BCUT2D eigenvalue weighted by Gasteiger charge is -2.07. The van der Waals surface area contributed by atoms with Gasteiger partial charge in [0.2, 0.25) is 0 Å². The molecular weight excluding hydrogens is 377 g/mol. The molecule has 0 radical (unpaired) electrons. The van der Waals surface area contributed by atoms with E-state index < -0.39 is 5.91 Å². The van der Waals surface area contributed by atoms with E-state index >= 15 is 0 Å². The molecule has 0 atom stereocenters. The molecule has 0 aliphatic heterocycles. The lowest BCUT2D eigenvalue weighted by molar-refractivity contribution is 0.102. The Morgan fingerprint density at radius 3 is 2.77 bits per heavy atom. The van der Waals surface area contributed by atoms with Crippen molar-refractivity contribution in [1.29, 1.82) is 0 Å². The zero-order chi connectivity index (χ0) is 18.7. The first-order valence-corrected chi connectivity index (χ1v) is 8.32. The summed E-state index contributed by atoms with van der Waals surface area (Å²) in [6.45, 7) is 0.357. The molecule has 1 aromatic heterocycles. The Morgan fingerprint density at radius 1 is 1.23 bits per heavy atom. The number of hydrogen-bond acceptors (Lipinski definition) is 5. The molecule has 3 aromatic rings. The van der Waals surface area contributed by atoms with Crippen LogP contribution in [0.2, 0.25) is 10.0 Å². The summed E-state index contributed by atoms with van der Waals surface area (Å²) in [5.41, 5.74) is 7.45. The second kappa shape index (κ2) is 7.63. The van der Waals surface area contributed by atoms with Crippen molar-refractivity contribution in [2.75, 3.05) is 18.2 Å². The third-order valence-corrected chi connectivity index (χ3v) is 4.37. The van der Waals surface area contributed by atoms with Crippen LogP contribution in [-0.2, 0) is 6.54 Å². The van der Waals surface area contributed by atoms with E-state index in [4.69, 9.17) is 33.7 Å². The number of hydrogen-bond donors (Lipinski definition) is 2. The van der Waals surface area contributed by atoms with Crippen molar-refractivity contribution in [2.24, 2.45) is 0 Å². The first-order valence-electron chi connectivity index (χ1n) is 7.56. The fourth-order valence-corrected chi connectivity index (χ4v) is 2.60. The molecule has 0 unspecified atom stereocenters. The molecule has 26 heavy (non-hydrogen) atoms. The van der Waals surface area contributed by atoms with E-state index in [0.29, 0.717) is 22.3 Å². The number of methoxy groups -OCH3 is 1. The number of aromatic nitrogens is 3. The van der Waals surface area contributed by atoms with Crippen LogP contribution < -0.4 is 15.8 Å². The SMILES string of the molecule is COc1cccc(Cn2nnc(C(=O)Nc3ccc(Cl)c(Cl)c3)c2N)c1. The number of ether oxygens (including phenoxy) is 1. The fourth-order valence-electron chi connectivity index (χ4n) is 2.31. The van der Waals surface area contributed by atoms with Gasteiger partial charge in [0.25, 0.3) is 5.91 Å². The van der Waals surface area contributed by atoms with Crippen molar-refractivity contribution in [3.8, 4) is 5.75 Å². The van der Waals surface area contributed by atoms with Crippen LogP contribution >= 0.6 is 23.2 Å². The number of carbonyl (C=O) groups excluding carboxylic acids is 1. The van der Waals surface area contributed by atoms with E-state index in [1.54, 1.807) is 25.3 Å². The van der Waals surface area contributed by atoms with Gasteiger partial charge >= 0.3 is 0 Å². The number of halogens is 2. The van der Waals surface area contributed by atoms with Crippen molar-refractivity contribution in [3.63, 3.8) is 0 Å². The Labute approximate surface area is 159 Å². The summed E-state index contributed by atoms with van der Waals surface area (Å²) in [5, 5.41) is 11.2. The second-order valence-electron chi connectivity index (χ2n) is 5.42. The number of nitrogens with zero attached hydrogens (tertiary/aromatic N) is 3. The predicted octanol–water partition coefficient (Wildman–Crippen LogP) is 3.48. The van der Waals surface area contributed by atoms with Gasteiger partial charge in [-0.05, 0) is 35.9 Å². The number of amides is 1. The van der Waals surface area contributed by atoms with Crippen molar-refractivity contribution >= 4 is 40.6 Å². The topological polar surface area (TPSA) is 95.1 Å². The van der Waals surface area contributed by atoms with Gasteiger partial charge in [0.15, 0.2) is 11.5 Å². The standard InChI is InChI=1S/C17H15Cl2N5O2/c1-26-12-4-2-3-10(7-12)9-24-16(20)15(22-23-24)17(25)21-11-5-6-13(18)14(19)8-11/h2-8H,9,20H2,1H3,(H,21,25). The van der Waals surface area contributed by atoms with Gasteiger partial charge in [0, 0.05) is 5.69 Å². The van der Waals surface area contributed by atoms with Gasteiger partial charge in [-0.3, -0.25) is 4.79 Å². The number of nitrogen functional groups attached to an aromatic ring is 1. The normalized spacial score (nSPS) is 10.6. The van der Waals surface area contributed by atoms with E-state index in [9.17, 15) is 4.79 Å². The Balaban J connectivity index is 1.77. The molecule has 9 heteroatoms. The lowest BCUT2D eigenvalue weighted by Crippen LogP contribution is -2.15. The molecule has 1 heterocycles. The molecule has 3 rings (SSSR count). The molecule has 2 aromatic carbocycles. The quantitative estimate of drug-likeness (QED) is 0.693. The highest BCUT2D eigenvalue weighted by atomic mass is 35.5. The van der Waals surface area contributed by atoms with Crippen LogP contribution in [0.25, 0.3) is 0 Å². The Hall–Kier alpha value is -2.77. The molecule has 3 N–H and O–H groups in total. The summed E-state index contributed by atoms with van der Waals surface area (Å²) in [7, 11) is 1.59. The van der Waals surface area contributed by atoms with Gasteiger partial charge in [-0.2, -0.15) is 0 Å². The van der Waals surface area contributed by atoms with Gasteiger partial charge in [-0.1, -0.05) is 40.5 Å². The van der Waals surface area contributed by atoms with Gasteiger partial charge in [-0.15, -0.1) is 5.10 Å². The highest BCUT2D eigenvalue weighted by Gasteiger charge is 2.18. The molecule has 0 aliphatic rings. The van der Waals surface area contributed by atoms with Crippen LogP contribution in [-0.4, -0.2) is 28.0 Å². The van der Waals surface area contributed by atoms with Crippen molar-refractivity contribution in [1.82, 2.24) is 15.0 Å². The molecular formula is C17H15Cl2N5O2. The third kappa shape index (κ3) is 3.89. The molecule has 0 saturated heterocycles. The zero-order valence-corrected chi connectivity index (χ0v) is 15.3. The molecule has 0 bridgehead atoms. The highest BCUT2D eigenvalue weighted by Crippen LogP contribution is 2.25. The first kappa shape index (κ1) is 18.0. The smallest absolute Gasteiger partial charge is 0.280 e. The van der Waals surface area contributed by atoms with E-state index in [-0.39, 0.29) is 11.5 Å². The maximum atomic E-state index is 12.4. The summed E-state index contributed by atoms with van der Waals surface area (Å²) < 4.78 is 6.63. The van der Waals surface area contributed by atoms with Crippen LogP contribution in [0.3, 0.4) is 0 Å². The van der Waals surface area contributed by atoms with Gasteiger partial charge < -0.3 is 15.8 Å². The molecule has 0 saturated carbocycles. The zero-order valence-electron chi connectivity index (χ0n) is 13.7. The molecule has 0 aliphatic carbocycles. The van der Waals surface area contributed by atoms with E-state index in [1.165, 1.54) is 4.68 Å². The molecule has 7 nitrogen and oxygen atoms in total. The number of rotatable bonds is 5. The minimum atomic E-state index is -0.488. The van der Waals surface area contributed by atoms with Gasteiger partial charge in [-0.25, -0.2) is 4.68 Å². The molecule has 0 fully saturated rings. The average Bonchev–Trinajstić information content (AvgIpc) is 2.99. The van der Waals surface area contributed by atoms with E-state index in [2.05, 4.69) is 15.6 Å².